The van der Waals surface area contributed by atoms with Crippen LogP contribution in [0.25, 0.3) is 0 Å². The highest BCUT2D eigenvalue weighted by Gasteiger charge is 2.15. The smallest absolute Gasteiger partial charge is 0.322 e. The van der Waals surface area contributed by atoms with Gasteiger partial charge in [-0.25, -0.2) is 0 Å². The maximum Gasteiger partial charge on any atom is 0.322 e. The number of benzene rings is 1. The lowest BCUT2D eigenvalue weighted by atomic mass is 10.0. The lowest BCUT2D eigenvalue weighted by molar-refractivity contribution is -0.142. The van der Waals surface area contributed by atoms with Crippen molar-refractivity contribution in [1.29, 1.82) is 0 Å². The molecule has 5 nitrogen and oxygen atoms in total. The van der Waals surface area contributed by atoms with E-state index in [1.165, 1.54) is 26.2 Å². The topological polar surface area (TPSA) is 89.6 Å². The Morgan fingerprint density at radius 1 is 1.47 bits per heavy atom. The Kier molecular flexibility index (Phi) is 4.23. The first kappa shape index (κ1) is 13.2. The minimum atomic E-state index is -0.774. The first-order valence-electron chi connectivity index (χ1n) is 5.12. The van der Waals surface area contributed by atoms with Crippen LogP contribution < -0.4 is 5.73 Å². The van der Waals surface area contributed by atoms with Gasteiger partial charge in [-0.1, -0.05) is 6.07 Å². The van der Waals surface area contributed by atoms with Crippen LogP contribution in [0.4, 0.5) is 0 Å². The zero-order valence-corrected chi connectivity index (χ0v) is 9.77. The summed E-state index contributed by atoms with van der Waals surface area (Å²) in [5.74, 6) is -0.827. The number of esters is 1. The van der Waals surface area contributed by atoms with E-state index >= 15 is 0 Å². The first-order valence-corrected chi connectivity index (χ1v) is 5.12. The number of rotatable bonds is 4. The molecule has 0 spiro atoms. The van der Waals surface area contributed by atoms with Crippen molar-refractivity contribution in [3.05, 3.63) is 29.3 Å². The SMILES string of the molecule is COC(=O)[C@@H](N)Cc1ccc(O)c(C(C)=O)c1. The molecule has 1 atom stereocenters. The third kappa shape index (κ3) is 3.29. The monoisotopic (exact) mass is 237 g/mol. The molecule has 0 bridgehead atoms. The number of nitrogens with two attached hydrogens (primary N) is 1. The Morgan fingerprint density at radius 2 is 2.12 bits per heavy atom. The molecule has 0 amide bonds. The summed E-state index contributed by atoms with van der Waals surface area (Å²) in [5.41, 5.74) is 6.52. The third-order valence-electron chi connectivity index (χ3n) is 2.40. The van der Waals surface area contributed by atoms with Crippen LogP contribution in [0.15, 0.2) is 18.2 Å². The van der Waals surface area contributed by atoms with E-state index in [9.17, 15) is 14.7 Å². The number of aromatic hydroxyl groups is 1. The standard InChI is InChI=1S/C12H15NO4/c1-7(14)9-5-8(3-4-11(9)15)6-10(13)12(16)17-2/h3-5,10,15H,6,13H2,1-2H3/t10-/m0/s1. The van der Waals surface area contributed by atoms with Crippen LogP contribution >= 0.6 is 0 Å². The number of hydrogen-bond donors (Lipinski definition) is 2. The summed E-state index contributed by atoms with van der Waals surface area (Å²) in [5, 5.41) is 9.45. The molecule has 0 aliphatic rings. The van der Waals surface area contributed by atoms with E-state index in [1.807, 2.05) is 0 Å². The summed E-state index contributed by atoms with van der Waals surface area (Å²) in [6.07, 6.45) is 0.257. The van der Waals surface area contributed by atoms with Crippen LogP contribution in [0.3, 0.4) is 0 Å². The largest absolute Gasteiger partial charge is 0.507 e. The van der Waals surface area contributed by atoms with E-state index in [0.717, 1.165) is 0 Å². The fourth-order valence-corrected chi connectivity index (χ4v) is 1.48. The van der Waals surface area contributed by atoms with Crippen LogP contribution in [0, 0.1) is 0 Å². The molecule has 92 valence electrons. The highest BCUT2D eigenvalue weighted by Crippen LogP contribution is 2.19. The van der Waals surface area contributed by atoms with Gasteiger partial charge in [0.15, 0.2) is 5.78 Å². The molecule has 17 heavy (non-hydrogen) atoms. The maximum absolute atomic E-state index is 11.2. The molecule has 0 aliphatic heterocycles. The Morgan fingerprint density at radius 3 is 2.65 bits per heavy atom. The van der Waals surface area contributed by atoms with Crippen molar-refractivity contribution in [2.75, 3.05) is 7.11 Å². The highest BCUT2D eigenvalue weighted by atomic mass is 16.5. The zero-order chi connectivity index (χ0) is 13.0. The molecule has 0 saturated heterocycles. The second-order valence-electron chi connectivity index (χ2n) is 3.74. The van der Waals surface area contributed by atoms with E-state index in [2.05, 4.69) is 4.74 Å². The van der Waals surface area contributed by atoms with Crippen molar-refractivity contribution in [3.8, 4) is 5.75 Å². The Bertz CT molecular complexity index is 442. The fourth-order valence-electron chi connectivity index (χ4n) is 1.48. The van der Waals surface area contributed by atoms with E-state index < -0.39 is 12.0 Å². The van der Waals surface area contributed by atoms with E-state index in [-0.39, 0.29) is 23.5 Å². The van der Waals surface area contributed by atoms with Crippen LogP contribution in [0.1, 0.15) is 22.8 Å². The Hall–Kier alpha value is -1.88. The number of ether oxygens (including phenoxy) is 1. The van der Waals surface area contributed by atoms with Gasteiger partial charge in [0.2, 0.25) is 0 Å². The van der Waals surface area contributed by atoms with Gasteiger partial charge in [-0.2, -0.15) is 0 Å². The van der Waals surface area contributed by atoms with Crippen molar-refractivity contribution < 1.29 is 19.4 Å². The van der Waals surface area contributed by atoms with Gasteiger partial charge in [0.1, 0.15) is 11.8 Å². The summed E-state index contributed by atoms with van der Waals surface area (Å²) in [7, 11) is 1.26. The minimum absolute atomic E-state index is 0.0760. The number of hydrogen-bond acceptors (Lipinski definition) is 5. The third-order valence-corrected chi connectivity index (χ3v) is 2.40. The molecule has 0 aromatic heterocycles. The van der Waals surface area contributed by atoms with Gasteiger partial charge < -0.3 is 15.6 Å². The number of phenolic OH excluding ortho intramolecular Hbond substituents is 1. The zero-order valence-electron chi connectivity index (χ0n) is 9.77. The Balaban J connectivity index is 2.90. The van der Waals surface area contributed by atoms with E-state index in [0.29, 0.717) is 5.56 Å². The normalized spacial score (nSPS) is 11.9. The van der Waals surface area contributed by atoms with Gasteiger partial charge in [0.25, 0.3) is 0 Å². The van der Waals surface area contributed by atoms with Crippen molar-refractivity contribution in [2.45, 2.75) is 19.4 Å². The van der Waals surface area contributed by atoms with E-state index in [4.69, 9.17) is 5.73 Å². The fraction of sp³-hybridized carbons (Fsp3) is 0.333. The predicted molar refractivity (Wildman–Crippen MR) is 61.8 cm³/mol. The number of carbonyl (C=O) groups excluding carboxylic acids is 2. The summed E-state index contributed by atoms with van der Waals surface area (Å²) in [6, 6.07) is 3.78. The van der Waals surface area contributed by atoms with Crippen LogP contribution in [-0.4, -0.2) is 30.0 Å². The molecule has 0 radical (unpaired) electrons. The van der Waals surface area contributed by atoms with Crippen molar-refractivity contribution in [3.63, 3.8) is 0 Å². The molecule has 0 saturated carbocycles. The molecule has 1 aromatic rings. The lowest BCUT2D eigenvalue weighted by Crippen LogP contribution is -2.33. The average Bonchev–Trinajstić information content (AvgIpc) is 2.30. The molecule has 5 heteroatoms. The number of ketones is 1. The second-order valence-corrected chi connectivity index (χ2v) is 3.74. The van der Waals surface area contributed by atoms with Crippen LogP contribution in [0.2, 0.25) is 0 Å². The van der Waals surface area contributed by atoms with Gasteiger partial charge in [-0.15, -0.1) is 0 Å². The number of methoxy groups -OCH3 is 1. The van der Waals surface area contributed by atoms with E-state index in [1.54, 1.807) is 6.07 Å². The average molecular weight is 237 g/mol. The number of phenols is 1. The highest BCUT2D eigenvalue weighted by molar-refractivity contribution is 5.96. The quantitative estimate of drug-likeness (QED) is 0.592. The number of carbonyl (C=O) groups is 2. The lowest BCUT2D eigenvalue weighted by Gasteiger charge is -2.10. The molecule has 1 aromatic carbocycles. The molecular formula is C12H15NO4. The summed E-state index contributed by atoms with van der Waals surface area (Å²) in [6.45, 7) is 1.36. The van der Waals surface area contributed by atoms with Gasteiger partial charge in [-0.3, -0.25) is 9.59 Å². The minimum Gasteiger partial charge on any atom is -0.507 e. The maximum atomic E-state index is 11.2. The van der Waals surface area contributed by atoms with Crippen molar-refractivity contribution >= 4 is 11.8 Å². The van der Waals surface area contributed by atoms with Gasteiger partial charge in [0.05, 0.1) is 12.7 Å². The molecule has 0 aliphatic carbocycles. The Labute approximate surface area is 99.2 Å². The van der Waals surface area contributed by atoms with Gasteiger partial charge >= 0.3 is 5.97 Å². The summed E-state index contributed by atoms with van der Waals surface area (Å²) in [4.78, 5) is 22.3. The molecule has 0 fully saturated rings. The predicted octanol–water partition coefficient (Wildman–Crippen LogP) is 0.638. The summed E-state index contributed by atoms with van der Waals surface area (Å²) < 4.78 is 4.51. The van der Waals surface area contributed by atoms with Gasteiger partial charge in [-0.05, 0) is 31.0 Å². The first-order chi connectivity index (χ1) is 7.95. The second kappa shape index (κ2) is 5.45. The molecule has 1 rings (SSSR count). The molecule has 3 N–H and O–H groups in total. The van der Waals surface area contributed by atoms with Crippen molar-refractivity contribution in [1.82, 2.24) is 0 Å². The van der Waals surface area contributed by atoms with Gasteiger partial charge in [0, 0.05) is 0 Å². The van der Waals surface area contributed by atoms with Crippen LogP contribution in [0.5, 0.6) is 5.75 Å². The summed E-state index contributed by atoms with van der Waals surface area (Å²) >= 11 is 0. The molecule has 0 heterocycles. The van der Waals surface area contributed by atoms with Crippen molar-refractivity contribution in [2.24, 2.45) is 5.73 Å². The van der Waals surface area contributed by atoms with Crippen LogP contribution in [-0.2, 0) is 16.0 Å². The number of Topliss-reactive ketones (excluding diaryl/α,β-unsaturated/α-hetero) is 1. The molecule has 0 unspecified atom stereocenters. The molecular weight excluding hydrogens is 222 g/mol.